The average molecular weight is 195 g/mol. The van der Waals surface area contributed by atoms with Crippen molar-refractivity contribution in [2.24, 2.45) is 18.2 Å². The van der Waals surface area contributed by atoms with Crippen LogP contribution in [0.4, 0.5) is 0 Å². The summed E-state index contributed by atoms with van der Waals surface area (Å²) in [4.78, 5) is 16.1. The molecule has 0 radical (unpaired) electrons. The molecule has 14 heavy (non-hydrogen) atoms. The molecule has 2 N–H and O–H groups in total. The first-order valence-corrected chi connectivity index (χ1v) is 4.77. The maximum absolute atomic E-state index is 12.0. The van der Waals surface area contributed by atoms with Crippen molar-refractivity contribution in [3.8, 4) is 0 Å². The molecular weight excluding hydrogens is 178 g/mol. The Kier molecular flexibility index (Phi) is 3.06. The summed E-state index contributed by atoms with van der Waals surface area (Å²) in [6.07, 6.45) is 4.12. The van der Waals surface area contributed by atoms with Crippen LogP contribution in [0.25, 0.3) is 0 Å². The average Bonchev–Trinajstić information content (AvgIpc) is 2.62. The van der Waals surface area contributed by atoms with E-state index in [1.165, 1.54) is 0 Å². The van der Waals surface area contributed by atoms with Gasteiger partial charge >= 0.3 is 0 Å². The summed E-state index contributed by atoms with van der Waals surface area (Å²) in [6, 6.07) is 0. The normalized spacial score (nSPS) is 15.1. The van der Waals surface area contributed by atoms with Crippen LogP contribution in [0.2, 0.25) is 0 Å². The van der Waals surface area contributed by atoms with Crippen LogP contribution in [0.3, 0.4) is 0 Å². The first-order chi connectivity index (χ1) is 6.55. The lowest BCUT2D eigenvalue weighted by molar-refractivity contribution is 0.0805. The van der Waals surface area contributed by atoms with Gasteiger partial charge in [-0.1, -0.05) is 13.8 Å². The second-order valence-corrected chi connectivity index (χ2v) is 3.81. The number of imidazole rings is 1. The van der Waals surface area contributed by atoms with Crippen molar-refractivity contribution in [1.82, 2.24) is 9.55 Å². The van der Waals surface area contributed by atoms with Gasteiger partial charge in [0.15, 0.2) is 5.82 Å². The van der Waals surface area contributed by atoms with Crippen LogP contribution in [0.15, 0.2) is 12.4 Å². The fourth-order valence-electron chi connectivity index (χ4n) is 1.25. The molecule has 1 aromatic rings. The molecule has 0 aliphatic heterocycles. The van der Waals surface area contributed by atoms with Gasteiger partial charge < -0.3 is 10.3 Å². The number of ketones is 1. The van der Waals surface area contributed by atoms with Crippen molar-refractivity contribution >= 4 is 5.78 Å². The molecule has 1 rings (SSSR count). The molecule has 1 heterocycles. The van der Waals surface area contributed by atoms with E-state index in [-0.39, 0.29) is 5.78 Å². The van der Waals surface area contributed by atoms with Gasteiger partial charge in [-0.05, 0) is 6.42 Å². The Morgan fingerprint density at radius 3 is 2.71 bits per heavy atom. The quantitative estimate of drug-likeness (QED) is 0.728. The molecule has 0 bridgehead atoms. The number of nitrogens with two attached hydrogens (primary N) is 1. The topological polar surface area (TPSA) is 60.9 Å². The highest BCUT2D eigenvalue weighted by atomic mass is 16.1. The molecule has 0 aromatic carbocycles. The van der Waals surface area contributed by atoms with Crippen molar-refractivity contribution < 1.29 is 4.79 Å². The Hall–Kier alpha value is -1.16. The second-order valence-electron chi connectivity index (χ2n) is 3.81. The van der Waals surface area contributed by atoms with Gasteiger partial charge in [-0.3, -0.25) is 4.79 Å². The highest BCUT2D eigenvalue weighted by Crippen LogP contribution is 2.23. The van der Waals surface area contributed by atoms with Crippen molar-refractivity contribution in [3.63, 3.8) is 0 Å². The molecule has 0 aliphatic carbocycles. The van der Waals surface area contributed by atoms with E-state index in [2.05, 4.69) is 4.98 Å². The summed E-state index contributed by atoms with van der Waals surface area (Å²) in [7, 11) is 1.81. The number of carbonyl (C=O) groups excluding carboxylic acids is 1. The molecule has 0 saturated carbocycles. The monoisotopic (exact) mass is 195 g/mol. The standard InChI is InChI=1S/C10H17N3O/c1-4-10(2,7-11)8(14)9-12-5-6-13(9)3/h5-6H,4,7,11H2,1-3H3. The first-order valence-electron chi connectivity index (χ1n) is 4.77. The van der Waals surface area contributed by atoms with Gasteiger partial charge in [0, 0.05) is 31.4 Å². The van der Waals surface area contributed by atoms with Crippen molar-refractivity contribution in [1.29, 1.82) is 0 Å². The molecule has 0 fully saturated rings. The Labute approximate surface area is 84.1 Å². The van der Waals surface area contributed by atoms with Gasteiger partial charge in [-0.25, -0.2) is 4.98 Å². The zero-order valence-corrected chi connectivity index (χ0v) is 8.95. The van der Waals surface area contributed by atoms with Crippen molar-refractivity contribution in [2.75, 3.05) is 6.54 Å². The molecule has 4 heteroatoms. The Morgan fingerprint density at radius 1 is 1.71 bits per heavy atom. The van der Waals surface area contributed by atoms with Crippen LogP contribution < -0.4 is 5.73 Å². The lowest BCUT2D eigenvalue weighted by Gasteiger charge is -2.23. The van der Waals surface area contributed by atoms with E-state index in [1.54, 1.807) is 17.0 Å². The number of carbonyl (C=O) groups is 1. The Morgan fingerprint density at radius 2 is 2.36 bits per heavy atom. The summed E-state index contributed by atoms with van der Waals surface area (Å²) in [5.41, 5.74) is 5.13. The van der Waals surface area contributed by atoms with Crippen LogP contribution in [0.5, 0.6) is 0 Å². The molecule has 1 atom stereocenters. The molecule has 1 unspecified atom stereocenters. The summed E-state index contributed by atoms with van der Waals surface area (Å²) in [5.74, 6) is 0.509. The molecule has 0 spiro atoms. The second kappa shape index (κ2) is 3.92. The molecular formula is C10H17N3O. The van der Waals surface area contributed by atoms with E-state index in [0.29, 0.717) is 12.4 Å². The minimum atomic E-state index is -0.487. The largest absolute Gasteiger partial charge is 0.332 e. The predicted molar refractivity (Wildman–Crippen MR) is 55.0 cm³/mol. The lowest BCUT2D eigenvalue weighted by atomic mass is 9.82. The zero-order chi connectivity index (χ0) is 10.8. The predicted octanol–water partition coefficient (Wildman–Crippen LogP) is 0.978. The lowest BCUT2D eigenvalue weighted by Crippen LogP contribution is -2.36. The van der Waals surface area contributed by atoms with Gasteiger partial charge in [0.25, 0.3) is 0 Å². The number of aryl methyl sites for hydroxylation is 1. The molecule has 0 saturated heterocycles. The minimum Gasteiger partial charge on any atom is -0.332 e. The number of rotatable bonds is 4. The van der Waals surface area contributed by atoms with E-state index >= 15 is 0 Å². The number of hydrogen-bond donors (Lipinski definition) is 1. The summed E-state index contributed by atoms with van der Waals surface area (Å²) in [5, 5.41) is 0. The van der Waals surface area contributed by atoms with E-state index < -0.39 is 5.41 Å². The molecule has 0 amide bonds. The van der Waals surface area contributed by atoms with Gasteiger partial charge in [-0.15, -0.1) is 0 Å². The van der Waals surface area contributed by atoms with E-state index in [9.17, 15) is 4.79 Å². The number of aromatic nitrogens is 2. The van der Waals surface area contributed by atoms with E-state index in [0.717, 1.165) is 6.42 Å². The summed E-state index contributed by atoms with van der Waals surface area (Å²) in [6.45, 7) is 4.20. The van der Waals surface area contributed by atoms with E-state index in [1.807, 2.05) is 20.9 Å². The third-order valence-electron chi connectivity index (χ3n) is 2.80. The van der Waals surface area contributed by atoms with Crippen molar-refractivity contribution in [2.45, 2.75) is 20.3 Å². The summed E-state index contributed by atoms with van der Waals surface area (Å²) < 4.78 is 1.73. The smallest absolute Gasteiger partial charge is 0.205 e. The van der Waals surface area contributed by atoms with Crippen LogP contribution in [-0.2, 0) is 7.05 Å². The SMILES string of the molecule is CCC(C)(CN)C(=O)c1nccn1C. The summed E-state index contributed by atoms with van der Waals surface area (Å²) >= 11 is 0. The molecule has 0 aliphatic rings. The third kappa shape index (κ3) is 1.70. The van der Waals surface area contributed by atoms with Crippen LogP contribution in [-0.4, -0.2) is 21.9 Å². The van der Waals surface area contributed by atoms with Crippen LogP contribution >= 0.6 is 0 Å². The van der Waals surface area contributed by atoms with Gasteiger partial charge in [0.1, 0.15) is 0 Å². The van der Waals surface area contributed by atoms with Crippen LogP contribution in [0, 0.1) is 5.41 Å². The first kappa shape index (κ1) is 10.9. The van der Waals surface area contributed by atoms with Crippen molar-refractivity contribution in [3.05, 3.63) is 18.2 Å². The third-order valence-corrected chi connectivity index (χ3v) is 2.80. The molecule has 78 valence electrons. The number of hydrogen-bond acceptors (Lipinski definition) is 3. The maximum Gasteiger partial charge on any atom is 0.205 e. The fourth-order valence-corrected chi connectivity index (χ4v) is 1.25. The van der Waals surface area contributed by atoms with Gasteiger partial charge in [-0.2, -0.15) is 0 Å². The Bertz CT molecular complexity index is 326. The van der Waals surface area contributed by atoms with Gasteiger partial charge in [0.2, 0.25) is 5.78 Å². The minimum absolute atomic E-state index is 0.0231. The van der Waals surface area contributed by atoms with Crippen LogP contribution in [0.1, 0.15) is 30.9 Å². The highest BCUT2D eigenvalue weighted by molar-refractivity contribution is 5.97. The molecule has 1 aromatic heterocycles. The number of Topliss-reactive ketones (excluding diaryl/α,β-unsaturated/α-hetero) is 1. The fraction of sp³-hybridized carbons (Fsp3) is 0.600. The highest BCUT2D eigenvalue weighted by Gasteiger charge is 2.32. The zero-order valence-electron chi connectivity index (χ0n) is 8.95. The number of nitrogens with zero attached hydrogens (tertiary/aromatic N) is 2. The van der Waals surface area contributed by atoms with Gasteiger partial charge in [0.05, 0.1) is 0 Å². The van der Waals surface area contributed by atoms with E-state index in [4.69, 9.17) is 5.73 Å². The Balaban J connectivity index is 3.01. The molecule has 4 nitrogen and oxygen atoms in total. The maximum atomic E-state index is 12.0.